The minimum absolute atomic E-state index is 0.0864. The van der Waals surface area contributed by atoms with E-state index in [2.05, 4.69) is 36.1 Å². The highest BCUT2D eigenvalue weighted by atomic mass is 19.1. The molecule has 0 bridgehead atoms. The smallest absolute Gasteiger partial charge is 0.328 e. The molecular weight excluding hydrogens is 832 g/mol. The molecule has 5 aromatic rings. The predicted molar refractivity (Wildman–Crippen MR) is 240 cm³/mol. The van der Waals surface area contributed by atoms with Gasteiger partial charge in [0, 0.05) is 93.8 Å². The molecule has 11 rings (SSSR count). The molecule has 1 aliphatic carbocycles. The third kappa shape index (κ3) is 8.03. The number of alkyl halides is 1. The number of phenolic OH excluding ortho intramolecular Hbond substituents is 1. The molecule has 4 N–H and O–H groups in total. The fourth-order valence-electron chi connectivity index (χ4n) is 10.6. The zero-order chi connectivity index (χ0) is 44.4. The van der Waals surface area contributed by atoms with E-state index in [0.29, 0.717) is 80.1 Å². The van der Waals surface area contributed by atoms with Crippen LogP contribution in [0.5, 0.6) is 5.75 Å². The largest absolute Gasteiger partial charge is 0.507 e. The number of para-hydroxylation sites is 1. The Labute approximate surface area is 375 Å². The first-order valence-corrected chi connectivity index (χ1v) is 22.9. The summed E-state index contributed by atoms with van der Waals surface area (Å²) in [6.07, 6.45) is 8.28. The first kappa shape index (κ1) is 41.5. The van der Waals surface area contributed by atoms with Crippen molar-refractivity contribution in [2.24, 2.45) is 0 Å². The number of carbonyl (C=O) groups is 3. The number of benzene rings is 2. The number of phenols is 1. The molecule has 3 aromatic heterocycles. The number of rotatable bonds is 9. The number of nitrogens with one attached hydrogen (secondary N) is 1. The fraction of sp³-hybridized carbons (Fsp3) is 0.458. The lowest BCUT2D eigenvalue weighted by Gasteiger charge is -2.42. The van der Waals surface area contributed by atoms with Crippen LogP contribution in [0, 0.1) is 0 Å². The zero-order valence-corrected chi connectivity index (χ0v) is 36.2. The van der Waals surface area contributed by atoms with Gasteiger partial charge in [-0.1, -0.05) is 24.3 Å². The van der Waals surface area contributed by atoms with E-state index in [-0.39, 0.29) is 66.9 Å². The summed E-state index contributed by atoms with van der Waals surface area (Å²) in [7, 11) is 0. The van der Waals surface area contributed by atoms with Crippen LogP contribution >= 0.6 is 0 Å². The lowest BCUT2D eigenvalue weighted by atomic mass is 9.91. The highest BCUT2D eigenvalue weighted by molar-refractivity contribution is 6.06. The Balaban J connectivity index is 0.701. The Morgan fingerprint density at radius 1 is 0.954 bits per heavy atom. The van der Waals surface area contributed by atoms with Crippen molar-refractivity contribution in [3.05, 3.63) is 89.7 Å². The minimum Gasteiger partial charge on any atom is -0.507 e. The van der Waals surface area contributed by atoms with E-state index < -0.39 is 11.7 Å². The van der Waals surface area contributed by atoms with Gasteiger partial charge in [0.2, 0.25) is 5.91 Å². The van der Waals surface area contributed by atoms with E-state index in [0.717, 1.165) is 55.4 Å². The van der Waals surface area contributed by atoms with E-state index in [1.54, 1.807) is 34.2 Å². The van der Waals surface area contributed by atoms with E-state index in [4.69, 9.17) is 20.2 Å². The van der Waals surface area contributed by atoms with Gasteiger partial charge in [0.15, 0.2) is 5.82 Å². The van der Waals surface area contributed by atoms with Gasteiger partial charge in [0.25, 0.3) is 5.91 Å². The van der Waals surface area contributed by atoms with Crippen LogP contribution in [0.15, 0.2) is 73.1 Å². The number of nitrogens with zero attached hydrogens (tertiary/aromatic N) is 8. The van der Waals surface area contributed by atoms with Crippen LogP contribution in [-0.4, -0.2) is 129 Å². The Morgan fingerprint density at radius 3 is 2.49 bits per heavy atom. The number of anilines is 3. The Morgan fingerprint density at radius 2 is 1.74 bits per heavy atom. The number of hydrogen-bond donors (Lipinski definition) is 3. The number of fused-ring (bicyclic) bond motifs is 2. The van der Waals surface area contributed by atoms with Gasteiger partial charge in [0.1, 0.15) is 29.3 Å². The number of piperidine rings is 2. The normalized spacial score (nSPS) is 24.1. The van der Waals surface area contributed by atoms with Crippen LogP contribution in [0.25, 0.3) is 22.3 Å². The molecule has 4 amide bonds. The van der Waals surface area contributed by atoms with Gasteiger partial charge < -0.3 is 39.6 Å². The summed E-state index contributed by atoms with van der Waals surface area (Å²) >= 11 is 0. The molecule has 5 saturated heterocycles. The maximum atomic E-state index is 16.5. The number of nitrogen functional groups attached to an aromatic ring is 1. The molecule has 65 heavy (non-hydrogen) atoms. The first-order valence-electron chi connectivity index (χ1n) is 22.9. The molecule has 0 radical (unpaired) electrons. The van der Waals surface area contributed by atoms with Crippen molar-refractivity contribution in [1.82, 2.24) is 34.9 Å². The third-order valence-electron chi connectivity index (χ3n) is 14.4. The predicted octanol–water partition coefficient (Wildman–Crippen LogP) is 5.73. The highest BCUT2D eigenvalue weighted by Crippen LogP contribution is 2.46. The molecular formula is C48H53FN10O6. The quantitative estimate of drug-likeness (QED) is 0.164. The summed E-state index contributed by atoms with van der Waals surface area (Å²) in [5.41, 5.74) is 11.1. The van der Waals surface area contributed by atoms with Gasteiger partial charge >= 0.3 is 6.03 Å². The number of aromatic nitrogens is 4. The molecule has 1 saturated carbocycles. The number of imide groups is 1. The second-order valence-electron chi connectivity index (χ2n) is 18.6. The topological polar surface area (TPSA) is 185 Å². The van der Waals surface area contributed by atoms with Gasteiger partial charge in [-0.25, -0.2) is 14.2 Å². The molecule has 17 heteroatoms. The number of ether oxygens (including phenoxy) is 2. The van der Waals surface area contributed by atoms with E-state index >= 15 is 4.39 Å². The van der Waals surface area contributed by atoms with E-state index in [9.17, 15) is 19.5 Å². The summed E-state index contributed by atoms with van der Waals surface area (Å²) in [5.74, 6) is 0.486. The lowest BCUT2D eigenvalue weighted by Crippen LogP contribution is -2.52. The van der Waals surface area contributed by atoms with Crippen molar-refractivity contribution in [2.45, 2.75) is 80.8 Å². The standard InChI is InChI=1S/C48H53FN10O6/c49-48(28-55-16-11-32(12-17-55)58-24-36(29-5-6-29)35-21-33(23-51-45(35)58)57-18-13-43(61)52-47(57)63)14-19-56(20-15-48)46(62)31-9-7-30(8-10-31)41-25-59(39-26-64-27-42(39)65-41)38-22-37(53-54-44(38)50)34-3-1-2-4-40(34)60/h1-4,7-10,21-24,29,32,39,41-42,60H,5-6,11-20,25-28H2,(H2,50,54)(H,52,61,63)/t39-,41+,42+/m1/s1. The SMILES string of the molecule is Nc1nnc(-c2ccccc2O)cc1N1C[C@@H](c2ccc(C(=O)N3CCC(F)(CN4CCC(n5cc(C6CC6)c6cc(N7CCC(=O)NC7=O)cnc65)CC4)CC3)cc2)O[C@H]2COC[C@H]21. The van der Waals surface area contributed by atoms with Crippen molar-refractivity contribution < 1.29 is 33.4 Å². The Hall–Kier alpha value is -6.17. The summed E-state index contributed by atoms with van der Waals surface area (Å²) in [6.45, 7) is 4.29. The number of aromatic hydroxyl groups is 1. The van der Waals surface area contributed by atoms with Crippen molar-refractivity contribution in [2.75, 3.05) is 74.6 Å². The number of halogens is 1. The number of carbonyl (C=O) groups excluding carboxylic acids is 3. The van der Waals surface area contributed by atoms with Crippen LogP contribution in [0.1, 0.15) is 84.5 Å². The summed E-state index contributed by atoms with van der Waals surface area (Å²) < 4.78 is 31.2. The second kappa shape index (κ2) is 16.7. The zero-order valence-electron chi connectivity index (χ0n) is 36.2. The minimum atomic E-state index is -1.38. The molecule has 2 aromatic carbocycles. The van der Waals surface area contributed by atoms with Gasteiger partial charge in [-0.05, 0) is 79.1 Å². The van der Waals surface area contributed by atoms with Crippen LogP contribution in [0.3, 0.4) is 0 Å². The van der Waals surface area contributed by atoms with Crippen molar-refractivity contribution >= 4 is 46.1 Å². The van der Waals surface area contributed by atoms with Crippen LogP contribution in [0.2, 0.25) is 0 Å². The summed E-state index contributed by atoms with van der Waals surface area (Å²) in [6, 6.07) is 18.1. The molecule has 8 heterocycles. The number of likely N-dealkylation sites (tertiary alicyclic amines) is 2. The second-order valence-corrected chi connectivity index (χ2v) is 18.6. The molecule has 338 valence electrons. The summed E-state index contributed by atoms with van der Waals surface area (Å²) in [5, 5.41) is 22.5. The molecule has 3 atom stereocenters. The van der Waals surface area contributed by atoms with Gasteiger partial charge in [-0.3, -0.25) is 19.8 Å². The number of nitrogens with two attached hydrogens (primary N) is 1. The van der Waals surface area contributed by atoms with Crippen molar-refractivity contribution in [3.63, 3.8) is 0 Å². The van der Waals surface area contributed by atoms with E-state index in [1.165, 1.54) is 5.56 Å². The third-order valence-corrected chi connectivity index (χ3v) is 14.4. The molecule has 16 nitrogen and oxygen atoms in total. The molecule has 5 aliphatic heterocycles. The molecule has 0 spiro atoms. The number of amides is 4. The molecule has 0 unspecified atom stereocenters. The summed E-state index contributed by atoms with van der Waals surface area (Å²) in [4.78, 5) is 50.7. The molecule has 6 aliphatic rings. The number of pyridine rings is 1. The molecule has 6 fully saturated rings. The maximum absolute atomic E-state index is 16.5. The number of morpholine rings is 1. The van der Waals surface area contributed by atoms with E-state index in [1.807, 2.05) is 42.5 Å². The number of hydrogen-bond acceptors (Lipinski definition) is 12. The lowest BCUT2D eigenvalue weighted by molar-refractivity contribution is -0.120. The highest BCUT2D eigenvalue weighted by Gasteiger charge is 2.43. The monoisotopic (exact) mass is 884 g/mol. The fourth-order valence-corrected chi connectivity index (χ4v) is 10.6. The van der Waals surface area contributed by atoms with Gasteiger partial charge in [-0.2, -0.15) is 0 Å². The van der Waals surface area contributed by atoms with Crippen LogP contribution in [0.4, 0.5) is 26.4 Å². The number of urea groups is 1. The van der Waals surface area contributed by atoms with Gasteiger partial charge in [-0.15, -0.1) is 10.2 Å². The van der Waals surface area contributed by atoms with Crippen molar-refractivity contribution in [1.29, 1.82) is 0 Å². The average Bonchev–Trinajstić information content (AvgIpc) is 3.92. The van der Waals surface area contributed by atoms with Crippen LogP contribution < -0.4 is 20.9 Å². The van der Waals surface area contributed by atoms with Gasteiger partial charge in [0.05, 0.1) is 42.5 Å². The first-order chi connectivity index (χ1) is 31.6. The Bertz CT molecular complexity index is 2640. The average molecular weight is 885 g/mol. The van der Waals surface area contributed by atoms with Crippen LogP contribution in [-0.2, 0) is 14.3 Å². The Kier molecular flexibility index (Phi) is 10.7. The maximum Gasteiger partial charge on any atom is 0.328 e. The van der Waals surface area contributed by atoms with Crippen molar-refractivity contribution in [3.8, 4) is 17.0 Å².